The molecule has 27 heavy (non-hydrogen) atoms. The molecule has 0 aliphatic heterocycles. The molecule has 0 spiro atoms. The van der Waals surface area contributed by atoms with Crippen LogP contribution in [0.25, 0.3) is 11.3 Å². The lowest BCUT2D eigenvalue weighted by Gasteiger charge is -2.09. The minimum atomic E-state index is -0.0558. The summed E-state index contributed by atoms with van der Waals surface area (Å²) in [6.45, 7) is 8.31. The molecule has 0 aliphatic rings. The summed E-state index contributed by atoms with van der Waals surface area (Å²) in [4.78, 5) is 12.1. The Morgan fingerprint density at radius 3 is 2.26 bits per heavy atom. The molecule has 5 heteroatoms. The number of nitrogens with zero attached hydrogens (tertiary/aromatic N) is 2. The van der Waals surface area contributed by atoms with E-state index in [-0.39, 0.29) is 5.91 Å². The predicted octanol–water partition coefficient (Wildman–Crippen LogP) is 5.11. The SMILES string of the molecule is Cc1ccc(NC(=O)CSc2ccc(-c3cc(C)c(C)cc3C)nn2)cc1. The van der Waals surface area contributed by atoms with Crippen LogP contribution in [-0.2, 0) is 4.79 Å². The molecule has 0 bridgehead atoms. The van der Waals surface area contributed by atoms with Crippen molar-refractivity contribution >= 4 is 23.4 Å². The van der Waals surface area contributed by atoms with E-state index < -0.39 is 0 Å². The number of rotatable bonds is 5. The van der Waals surface area contributed by atoms with E-state index in [1.807, 2.05) is 43.3 Å². The van der Waals surface area contributed by atoms with Crippen molar-refractivity contribution in [2.45, 2.75) is 32.7 Å². The molecule has 1 heterocycles. The van der Waals surface area contributed by atoms with Crippen LogP contribution in [0.1, 0.15) is 22.3 Å². The van der Waals surface area contributed by atoms with Crippen molar-refractivity contribution in [2.75, 3.05) is 11.1 Å². The van der Waals surface area contributed by atoms with Gasteiger partial charge in [0.05, 0.1) is 11.4 Å². The van der Waals surface area contributed by atoms with E-state index in [0.29, 0.717) is 5.75 Å². The maximum absolute atomic E-state index is 12.1. The van der Waals surface area contributed by atoms with E-state index in [0.717, 1.165) is 27.5 Å². The molecule has 1 amide bonds. The smallest absolute Gasteiger partial charge is 0.234 e. The average molecular weight is 378 g/mol. The van der Waals surface area contributed by atoms with E-state index in [2.05, 4.69) is 48.4 Å². The normalized spacial score (nSPS) is 10.7. The van der Waals surface area contributed by atoms with Crippen LogP contribution in [0.2, 0.25) is 0 Å². The third-order valence-corrected chi connectivity index (χ3v) is 5.36. The molecule has 1 aromatic heterocycles. The Labute approximate surface area is 164 Å². The molecule has 0 unspecified atom stereocenters. The van der Waals surface area contributed by atoms with Gasteiger partial charge >= 0.3 is 0 Å². The van der Waals surface area contributed by atoms with Gasteiger partial charge in [-0.2, -0.15) is 0 Å². The first-order valence-corrected chi connectivity index (χ1v) is 9.82. The molecular weight excluding hydrogens is 354 g/mol. The van der Waals surface area contributed by atoms with E-state index in [1.54, 1.807) is 0 Å². The van der Waals surface area contributed by atoms with Gasteiger partial charge in [-0.05, 0) is 74.7 Å². The molecule has 0 fully saturated rings. The topological polar surface area (TPSA) is 54.9 Å². The summed E-state index contributed by atoms with van der Waals surface area (Å²) in [6.07, 6.45) is 0. The van der Waals surface area contributed by atoms with Gasteiger partial charge in [0, 0.05) is 11.3 Å². The van der Waals surface area contributed by atoms with E-state index in [9.17, 15) is 4.79 Å². The van der Waals surface area contributed by atoms with Gasteiger partial charge in [0.25, 0.3) is 0 Å². The van der Waals surface area contributed by atoms with Gasteiger partial charge in [0.15, 0.2) is 0 Å². The summed E-state index contributed by atoms with van der Waals surface area (Å²) >= 11 is 1.38. The minimum absolute atomic E-state index is 0.0558. The van der Waals surface area contributed by atoms with Crippen molar-refractivity contribution in [1.82, 2.24) is 10.2 Å². The molecule has 3 aromatic rings. The number of amides is 1. The third kappa shape index (κ3) is 4.95. The van der Waals surface area contributed by atoms with Gasteiger partial charge in [0.1, 0.15) is 5.03 Å². The average Bonchev–Trinajstić information content (AvgIpc) is 2.65. The number of hydrogen-bond acceptors (Lipinski definition) is 4. The lowest BCUT2D eigenvalue weighted by molar-refractivity contribution is -0.113. The van der Waals surface area contributed by atoms with Gasteiger partial charge in [0.2, 0.25) is 5.91 Å². The predicted molar refractivity (Wildman–Crippen MR) is 112 cm³/mol. The number of hydrogen-bond donors (Lipinski definition) is 1. The fourth-order valence-corrected chi connectivity index (χ4v) is 3.36. The molecule has 138 valence electrons. The Kier molecular flexibility index (Phi) is 5.91. The Morgan fingerprint density at radius 1 is 0.889 bits per heavy atom. The van der Waals surface area contributed by atoms with E-state index in [4.69, 9.17) is 0 Å². The van der Waals surface area contributed by atoms with Crippen molar-refractivity contribution in [3.63, 3.8) is 0 Å². The second-order valence-corrected chi connectivity index (χ2v) is 7.71. The van der Waals surface area contributed by atoms with Crippen LogP contribution in [0.4, 0.5) is 5.69 Å². The number of aromatic nitrogens is 2. The molecule has 0 saturated heterocycles. The summed E-state index contributed by atoms with van der Waals surface area (Å²) in [6, 6.07) is 16.0. The zero-order valence-corrected chi connectivity index (χ0v) is 16.9. The highest BCUT2D eigenvalue weighted by atomic mass is 32.2. The highest BCUT2D eigenvalue weighted by Crippen LogP contribution is 2.25. The van der Waals surface area contributed by atoms with Gasteiger partial charge in [-0.3, -0.25) is 4.79 Å². The van der Waals surface area contributed by atoms with Crippen molar-refractivity contribution < 1.29 is 4.79 Å². The van der Waals surface area contributed by atoms with Crippen LogP contribution < -0.4 is 5.32 Å². The quantitative estimate of drug-likeness (QED) is 0.628. The van der Waals surface area contributed by atoms with Gasteiger partial charge in [-0.1, -0.05) is 35.5 Å². The second kappa shape index (κ2) is 8.35. The number of benzene rings is 2. The number of carbonyl (C=O) groups excluding carboxylic acids is 1. The molecule has 3 rings (SSSR count). The fraction of sp³-hybridized carbons (Fsp3) is 0.227. The molecule has 0 saturated carbocycles. The first kappa shape index (κ1) is 19.1. The first-order chi connectivity index (χ1) is 12.9. The second-order valence-electron chi connectivity index (χ2n) is 6.71. The lowest BCUT2D eigenvalue weighted by Crippen LogP contribution is -2.14. The van der Waals surface area contributed by atoms with Crippen molar-refractivity contribution in [2.24, 2.45) is 0 Å². The maximum Gasteiger partial charge on any atom is 0.234 e. The molecule has 0 atom stereocenters. The third-order valence-electron chi connectivity index (χ3n) is 4.44. The fourth-order valence-electron chi connectivity index (χ4n) is 2.75. The van der Waals surface area contributed by atoms with Crippen LogP contribution >= 0.6 is 11.8 Å². The number of thioether (sulfide) groups is 1. The molecule has 2 aromatic carbocycles. The number of nitrogens with one attached hydrogen (secondary N) is 1. The first-order valence-electron chi connectivity index (χ1n) is 8.83. The maximum atomic E-state index is 12.1. The zero-order valence-electron chi connectivity index (χ0n) is 16.0. The van der Waals surface area contributed by atoms with Gasteiger partial charge < -0.3 is 5.32 Å². The van der Waals surface area contributed by atoms with Gasteiger partial charge in [-0.15, -0.1) is 10.2 Å². The van der Waals surface area contributed by atoms with Gasteiger partial charge in [-0.25, -0.2) is 0 Å². The van der Waals surface area contributed by atoms with Crippen LogP contribution in [0.5, 0.6) is 0 Å². The summed E-state index contributed by atoms with van der Waals surface area (Å²) in [5, 5.41) is 12.2. The molecular formula is C22H23N3OS. The summed E-state index contributed by atoms with van der Waals surface area (Å²) in [5.74, 6) is 0.240. The van der Waals surface area contributed by atoms with Crippen LogP contribution in [0.3, 0.4) is 0 Å². The molecule has 1 N–H and O–H groups in total. The monoisotopic (exact) mass is 377 g/mol. The van der Waals surface area contributed by atoms with E-state index in [1.165, 1.54) is 28.5 Å². The van der Waals surface area contributed by atoms with Crippen LogP contribution in [-0.4, -0.2) is 21.9 Å². The molecule has 0 aliphatic carbocycles. The zero-order chi connectivity index (χ0) is 19.4. The largest absolute Gasteiger partial charge is 0.325 e. The van der Waals surface area contributed by atoms with Crippen LogP contribution in [0.15, 0.2) is 53.6 Å². The Bertz CT molecular complexity index is 951. The number of anilines is 1. The van der Waals surface area contributed by atoms with E-state index >= 15 is 0 Å². The Morgan fingerprint density at radius 2 is 1.59 bits per heavy atom. The summed E-state index contributed by atoms with van der Waals surface area (Å²) in [5.41, 5.74) is 7.61. The molecule has 4 nitrogen and oxygen atoms in total. The Hall–Kier alpha value is -2.66. The highest BCUT2D eigenvalue weighted by Gasteiger charge is 2.09. The summed E-state index contributed by atoms with van der Waals surface area (Å²) < 4.78 is 0. The highest BCUT2D eigenvalue weighted by molar-refractivity contribution is 7.99. The molecule has 0 radical (unpaired) electrons. The van der Waals surface area contributed by atoms with Crippen molar-refractivity contribution in [1.29, 1.82) is 0 Å². The van der Waals surface area contributed by atoms with Crippen molar-refractivity contribution in [3.05, 3.63) is 70.8 Å². The number of aryl methyl sites for hydroxylation is 4. The lowest BCUT2D eigenvalue weighted by atomic mass is 9.99. The van der Waals surface area contributed by atoms with Crippen LogP contribution in [0, 0.1) is 27.7 Å². The van der Waals surface area contributed by atoms with Crippen molar-refractivity contribution in [3.8, 4) is 11.3 Å². The Balaban J connectivity index is 1.61. The number of carbonyl (C=O) groups is 1. The standard InChI is InChI=1S/C22H23N3OS/c1-14-5-7-18(8-6-14)23-21(26)13-27-22-10-9-20(24-25-22)19-12-16(3)15(2)11-17(19)4/h5-12H,13H2,1-4H3,(H,23,26). The minimum Gasteiger partial charge on any atom is -0.325 e. The summed E-state index contributed by atoms with van der Waals surface area (Å²) in [7, 11) is 0.